The molecule has 0 unspecified atom stereocenters. The van der Waals surface area contributed by atoms with Gasteiger partial charge in [0.15, 0.2) is 0 Å². The molecule has 3 aromatic rings. The number of benzene rings is 3. The SMILES string of the molecule is Cc1ccc(C)c(N2C(=O)C(Cl)=C(Nc3ccc(C(=O)Oc4ccccc4C(C)C)cc3)C2=O)c1. The van der Waals surface area contributed by atoms with Crippen LogP contribution >= 0.6 is 11.6 Å². The maximum Gasteiger partial charge on any atom is 0.343 e. The first-order valence-electron chi connectivity index (χ1n) is 11.2. The Morgan fingerprint density at radius 2 is 1.63 bits per heavy atom. The lowest BCUT2D eigenvalue weighted by molar-refractivity contribution is -0.120. The first-order chi connectivity index (χ1) is 16.7. The smallest absolute Gasteiger partial charge is 0.343 e. The summed E-state index contributed by atoms with van der Waals surface area (Å²) < 4.78 is 5.60. The highest BCUT2D eigenvalue weighted by atomic mass is 35.5. The highest BCUT2D eigenvalue weighted by Crippen LogP contribution is 2.33. The lowest BCUT2D eigenvalue weighted by atomic mass is 10.0. The summed E-state index contributed by atoms with van der Waals surface area (Å²) in [4.78, 5) is 39.6. The van der Waals surface area contributed by atoms with Crippen LogP contribution in [0.25, 0.3) is 0 Å². The monoisotopic (exact) mass is 488 g/mol. The van der Waals surface area contributed by atoms with E-state index in [1.165, 1.54) is 0 Å². The third-order valence-corrected chi connectivity index (χ3v) is 6.12. The molecule has 1 aliphatic rings. The standard InChI is InChI=1S/C28H25ClN2O4/c1-16(2)21-7-5-6-8-23(21)35-28(34)19-11-13-20(14-12-19)30-25-24(29)26(32)31(27(25)33)22-15-17(3)9-10-18(22)4/h5-16,30H,1-4H3. The number of hydrogen-bond acceptors (Lipinski definition) is 5. The van der Waals surface area contributed by atoms with Gasteiger partial charge in [0, 0.05) is 5.69 Å². The predicted octanol–water partition coefficient (Wildman–Crippen LogP) is 6.08. The fraction of sp³-hybridized carbons (Fsp3) is 0.179. The molecule has 0 saturated carbocycles. The number of hydrogen-bond donors (Lipinski definition) is 1. The summed E-state index contributed by atoms with van der Waals surface area (Å²) in [6.45, 7) is 7.77. The Kier molecular flexibility index (Phi) is 6.76. The van der Waals surface area contributed by atoms with Crippen molar-refractivity contribution in [3.63, 3.8) is 0 Å². The summed E-state index contributed by atoms with van der Waals surface area (Å²) in [6, 6.07) is 19.4. The Labute approximate surface area is 209 Å². The van der Waals surface area contributed by atoms with Crippen LogP contribution in [0.15, 0.2) is 77.5 Å². The second-order valence-corrected chi connectivity index (χ2v) is 9.09. The summed E-state index contributed by atoms with van der Waals surface area (Å²) in [5.41, 5.74) is 3.97. The number of anilines is 2. The summed E-state index contributed by atoms with van der Waals surface area (Å²) in [5, 5.41) is 2.74. The third kappa shape index (κ3) is 4.84. The normalized spacial score (nSPS) is 13.6. The number of imide groups is 1. The molecule has 35 heavy (non-hydrogen) atoms. The van der Waals surface area contributed by atoms with E-state index in [0.717, 1.165) is 21.6 Å². The van der Waals surface area contributed by atoms with E-state index >= 15 is 0 Å². The summed E-state index contributed by atoms with van der Waals surface area (Å²) in [7, 11) is 0. The van der Waals surface area contributed by atoms with Gasteiger partial charge in [0.1, 0.15) is 16.5 Å². The number of carbonyl (C=O) groups is 3. The van der Waals surface area contributed by atoms with Crippen LogP contribution < -0.4 is 15.0 Å². The molecule has 0 aromatic heterocycles. The van der Waals surface area contributed by atoms with E-state index in [0.29, 0.717) is 22.7 Å². The minimum atomic E-state index is -0.586. The van der Waals surface area contributed by atoms with Crippen molar-refractivity contribution in [1.29, 1.82) is 0 Å². The maximum atomic E-state index is 13.1. The lowest BCUT2D eigenvalue weighted by Crippen LogP contribution is -2.32. The second-order valence-electron chi connectivity index (χ2n) is 8.71. The summed E-state index contributed by atoms with van der Waals surface area (Å²) >= 11 is 6.25. The molecule has 0 bridgehead atoms. The Morgan fingerprint density at radius 1 is 0.943 bits per heavy atom. The first-order valence-corrected chi connectivity index (χ1v) is 11.6. The van der Waals surface area contributed by atoms with E-state index in [1.807, 2.05) is 58.0 Å². The van der Waals surface area contributed by atoms with Crippen LogP contribution in [-0.2, 0) is 9.59 Å². The van der Waals surface area contributed by atoms with Crippen molar-refractivity contribution in [2.24, 2.45) is 0 Å². The van der Waals surface area contributed by atoms with Crippen molar-refractivity contribution in [3.05, 3.63) is 99.7 Å². The van der Waals surface area contributed by atoms with Crippen LogP contribution in [0.4, 0.5) is 11.4 Å². The van der Waals surface area contributed by atoms with Crippen molar-refractivity contribution in [2.45, 2.75) is 33.6 Å². The van der Waals surface area contributed by atoms with E-state index < -0.39 is 17.8 Å². The number of rotatable bonds is 6. The average Bonchev–Trinajstić information content (AvgIpc) is 3.04. The average molecular weight is 489 g/mol. The van der Waals surface area contributed by atoms with Gasteiger partial charge in [-0.3, -0.25) is 9.59 Å². The van der Waals surface area contributed by atoms with E-state index in [2.05, 4.69) is 5.32 Å². The van der Waals surface area contributed by atoms with Crippen LogP contribution in [0.1, 0.15) is 46.8 Å². The minimum absolute atomic E-state index is 0.0150. The van der Waals surface area contributed by atoms with Gasteiger partial charge in [-0.1, -0.05) is 55.8 Å². The van der Waals surface area contributed by atoms with Gasteiger partial charge in [-0.15, -0.1) is 0 Å². The van der Waals surface area contributed by atoms with Crippen molar-refractivity contribution in [1.82, 2.24) is 0 Å². The molecule has 6 nitrogen and oxygen atoms in total. The molecule has 2 amide bonds. The molecular weight excluding hydrogens is 464 g/mol. The number of para-hydroxylation sites is 1. The van der Waals surface area contributed by atoms with Crippen LogP contribution in [0.2, 0.25) is 0 Å². The van der Waals surface area contributed by atoms with Crippen LogP contribution in [0.3, 0.4) is 0 Å². The van der Waals surface area contributed by atoms with Crippen molar-refractivity contribution < 1.29 is 19.1 Å². The molecule has 0 fully saturated rings. The molecule has 178 valence electrons. The van der Waals surface area contributed by atoms with Gasteiger partial charge in [0.2, 0.25) is 0 Å². The zero-order chi connectivity index (χ0) is 25.3. The molecule has 3 aromatic carbocycles. The van der Waals surface area contributed by atoms with E-state index in [9.17, 15) is 14.4 Å². The molecule has 0 aliphatic carbocycles. The van der Waals surface area contributed by atoms with Crippen LogP contribution in [0.5, 0.6) is 5.75 Å². The van der Waals surface area contributed by atoms with Gasteiger partial charge in [-0.05, 0) is 72.9 Å². The van der Waals surface area contributed by atoms with Gasteiger partial charge in [-0.25, -0.2) is 9.69 Å². The van der Waals surface area contributed by atoms with Crippen molar-refractivity contribution in [3.8, 4) is 5.75 Å². The molecule has 1 N–H and O–H groups in total. The van der Waals surface area contributed by atoms with E-state index in [-0.39, 0.29) is 16.6 Å². The number of esters is 1. The molecule has 0 radical (unpaired) electrons. The van der Waals surface area contributed by atoms with Gasteiger partial charge in [0.05, 0.1) is 11.3 Å². The number of carbonyl (C=O) groups excluding carboxylic acids is 3. The first kappa shape index (κ1) is 24.2. The molecule has 0 spiro atoms. The van der Waals surface area contributed by atoms with Gasteiger partial charge < -0.3 is 10.1 Å². The lowest BCUT2D eigenvalue weighted by Gasteiger charge is -2.18. The van der Waals surface area contributed by atoms with Crippen molar-refractivity contribution >= 4 is 40.8 Å². The van der Waals surface area contributed by atoms with Crippen molar-refractivity contribution in [2.75, 3.05) is 10.2 Å². The number of aryl methyl sites for hydroxylation is 2. The molecule has 0 saturated heterocycles. The zero-order valence-electron chi connectivity index (χ0n) is 19.9. The second kappa shape index (κ2) is 9.76. The molecular formula is C28H25ClN2O4. The molecule has 0 atom stereocenters. The number of halogens is 1. The van der Waals surface area contributed by atoms with Crippen LogP contribution in [-0.4, -0.2) is 17.8 Å². The topological polar surface area (TPSA) is 75.7 Å². The predicted molar refractivity (Wildman–Crippen MR) is 137 cm³/mol. The Hall–Kier alpha value is -3.90. The van der Waals surface area contributed by atoms with E-state index in [4.69, 9.17) is 16.3 Å². The van der Waals surface area contributed by atoms with Gasteiger partial charge in [0.25, 0.3) is 11.8 Å². The molecule has 7 heteroatoms. The fourth-order valence-electron chi connectivity index (χ4n) is 3.83. The maximum absolute atomic E-state index is 13.1. The highest BCUT2D eigenvalue weighted by Gasteiger charge is 2.39. The minimum Gasteiger partial charge on any atom is -0.423 e. The zero-order valence-corrected chi connectivity index (χ0v) is 20.6. The number of ether oxygens (including phenoxy) is 1. The quantitative estimate of drug-likeness (QED) is 0.258. The Bertz CT molecular complexity index is 1360. The van der Waals surface area contributed by atoms with E-state index in [1.54, 1.807) is 36.4 Å². The Balaban J connectivity index is 1.51. The fourth-order valence-corrected chi connectivity index (χ4v) is 4.05. The number of amides is 2. The third-order valence-electron chi connectivity index (χ3n) is 5.77. The van der Waals surface area contributed by atoms with Gasteiger partial charge in [-0.2, -0.15) is 0 Å². The van der Waals surface area contributed by atoms with Crippen LogP contribution in [0, 0.1) is 13.8 Å². The summed E-state index contributed by atoms with van der Waals surface area (Å²) in [5.74, 6) is -0.888. The van der Waals surface area contributed by atoms with Gasteiger partial charge >= 0.3 is 5.97 Å². The Morgan fingerprint density at radius 3 is 2.31 bits per heavy atom. The summed E-state index contributed by atoms with van der Waals surface area (Å²) in [6.07, 6.45) is 0. The number of nitrogens with one attached hydrogen (secondary N) is 1. The molecule has 1 heterocycles. The molecule has 1 aliphatic heterocycles. The highest BCUT2D eigenvalue weighted by molar-refractivity contribution is 6.53. The molecule has 4 rings (SSSR count). The largest absolute Gasteiger partial charge is 0.423 e. The number of nitrogens with zero attached hydrogens (tertiary/aromatic N) is 1.